The summed E-state index contributed by atoms with van der Waals surface area (Å²) in [6.07, 6.45) is 4.99. The van der Waals surface area contributed by atoms with Crippen molar-refractivity contribution >= 4 is 17.5 Å². The lowest BCUT2D eigenvalue weighted by atomic mass is 9.86. The lowest BCUT2D eigenvalue weighted by Gasteiger charge is -2.36. The Morgan fingerprint density at radius 3 is 2.80 bits per heavy atom. The number of carbonyl (C=O) groups excluding carboxylic acids is 1. The lowest BCUT2D eigenvalue weighted by Crippen LogP contribution is -2.46. The van der Waals surface area contributed by atoms with Crippen LogP contribution in [0.5, 0.6) is 0 Å². The van der Waals surface area contributed by atoms with E-state index in [1.807, 2.05) is 49.4 Å². The van der Waals surface area contributed by atoms with Crippen molar-refractivity contribution < 1.29 is 4.79 Å². The molecule has 3 unspecified atom stereocenters. The Morgan fingerprint density at radius 1 is 1.20 bits per heavy atom. The maximum atomic E-state index is 13.1. The smallest absolute Gasteiger partial charge is 0.232 e. The predicted molar refractivity (Wildman–Crippen MR) is 94.0 cm³/mol. The number of nitrogens with zero attached hydrogens (tertiary/aromatic N) is 4. The predicted octanol–water partition coefficient (Wildman–Crippen LogP) is 2.33. The van der Waals surface area contributed by atoms with Gasteiger partial charge in [0.1, 0.15) is 6.33 Å². The first kappa shape index (κ1) is 15.3. The highest BCUT2D eigenvalue weighted by Crippen LogP contribution is 2.36. The summed E-state index contributed by atoms with van der Waals surface area (Å²) >= 11 is 0. The van der Waals surface area contributed by atoms with Crippen molar-refractivity contribution in [2.24, 2.45) is 5.92 Å². The summed E-state index contributed by atoms with van der Waals surface area (Å²) in [5, 5.41) is 10.6. The van der Waals surface area contributed by atoms with E-state index in [1.54, 1.807) is 17.1 Å². The number of benzene rings is 1. The van der Waals surface area contributed by atoms with Gasteiger partial charge in [0, 0.05) is 24.1 Å². The van der Waals surface area contributed by atoms with E-state index in [0.29, 0.717) is 5.95 Å². The van der Waals surface area contributed by atoms with Gasteiger partial charge in [-0.25, -0.2) is 4.68 Å². The van der Waals surface area contributed by atoms with Crippen LogP contribution in [-0.2, 0) is 4.79 Å². The number of aromatic nitrogens is 4. The molecule has 2 N–H and O–H groups in total. The quantitative estimate of drug-likeness (QED) is 0.768. The zero-order valence-corrected chi connectivity index (χ0v) is 13.7. The number of rotatable bonds is 3. The number of anilines is 2. The molecule has 0 saturated heterocycles. The highest BCUT2D eigenvalue weighted by Gasteiger charge is 2.41. The third kappa shape index (κ3) is 2.84. The van der Waals surface area contributed by atoms with Crippen LogP contribution in [0, 0.1) is 5.92 Å². The molecule has 0 aliphatic carbocycles. The monoisotopic (exact) mass is 334 g/mol. The molecule has 3 heterocycles. The van der Waals surface area contributed by atoms with Gasteiger partial charge >= 0.3 is 0 Å². The number of carbonyl (C=O) groups is 1. The maximum absolute atomic E-state index is 13.1. The number of nitrogens with one attached hydrogen (secondary N) is 2. The molecular weight excluding hydrogens is 316 g/mol. The lowest BCUT2D eigenvalue weighted by molar-refractivity contribution is -0.121. The van der Waals surface area contributed by atoms with E-state index >= 15 is 0 Å². The Morgan fingerprint density at radius 2 is 2.04 bits per heavy atom. The van der Waals surface area contributed by atoms with E-state index in [-0.39, 0.29) is 23.9 Å². The Labute approximate surface area is 145 Å². The average molecular weight is 334 g/mol. The number of para-hydroxylation sites is 1. The van der Waals surface area contributed by atoms with Gasteiger partial charge in [0.25, 0.3) is 0 Å². The fourth-order valence-corrected chi connectivity index (χ4v) is 3.29. The molecule has 1 aliphatic rings. The molecule has 1 aliphatic heterocycles. The van der Waals surface area contributed by atoms with Crippen LogP contribution >= 0.6 is 0 Å². The third-order valence-corrected chi connectivity index (χ3v) is 4.44. The Balaban J connectivity index is 1.72. The van der Waals surface area contributed by atoms with Crippen LogP contribution in [0.3, 0.4) is 0 Å². The number of fused-ring (bicyclic) bond motifs is 1. The van der Waals surface area contributed by atoms with Gasteiger partial charge in [-0.3, -0.25) is 9.78 Å². The molecule has 0 bridgehead atoms. The fourth-order valence-electron chi connectivity index (χ4n) is 3.29. The summed E-state index contributed by atoms with van der Waals surface area (Å²) in [6.45, 7) is 1.98. The van der Waals surface area contributed by atoms with E-state index in [2.05, 4.69) is 25.7 Å². The maximum Gasteiger partial charge on any atom is 0.232 e. The third-order valence-electron chi connectivity index (χ3n) is 4.44. The van der Waals surface area contributed by atoms with Crippen molar-refractivity contribution in [1.82, 2.24) is 19.7 Å². The topological polar surface area (TPSA) is 84.7 Å². The van der Waals surface area contributed by atoms with Crippen molar-refractivity contribution in [3.8, 4) is 0 Å². The Bertz CT molecular complexity index is 864. The molecule has 0 spiro atoms. The standard InChI is InChI=1S/C18H18N6O/c1-12-15(17(25)23-14-7-3-2-4-8-14)16(13-6-5-9-19-10-13)24-18(22-12)20-11-21-24/h2-12,15-16H,1H3,(H,23,25)(H,20,21,22). The van der Waals surface area contributed by atoms with Crippen LogP contribution in [0.1, 0.15) is 18.5 Å². The van der Waals surface area contributed by atoms with Crippen molar-refractivity contribution in [2.75, 3.05) is 10.6 Å². The number of hydrogen-bond acceptors (Lipinski definition) is 5. The molecule has 0 saturated carbocycles. The average Bonchev–Trinajstić information content (AvgIpc) is 3.10. The minimum absolute atomic E-state index is 0.0683. The summed E-state index contributed by atoms with van der Waals surface area (Å²) in [5.41, 5.74) is 1.70. The van der Waals surface area contributed by atoms with E-state index in [4.69, 9.17) is 0 Å². The summed E-state index contributed by atoms with van der Waals surface area (Å²) < 4.78 is 1.76. The Kier molecular flexibility index (Phi) is 3.89. The van der Waals surface area contributed by atoms with Gasteiger partial charge in [-0.1, -0.05) is 24.3 Å². The van der Waals surface area contributed by atoms with Crippen LogP contribution in [-0.4, -0.2) is 31.7 Å². The van der Waals surface area contributed by atoms with Crippen LogP contribution in [0.2, 0.25) is 0 Å². The van der Waals surface area contributed by atoms with Gasteiger partial charge in [-0.2, -0.15) is 10.1 Å². The molecule has 4 rings (SSSR count). The second-order valence-electron chi connectivity index (χ2n) is 6.07. The number of pyridine rings is 1. The minimum atomic E-state index is -0.362. The van der Waals surface area contributed by atoms with Gasteiger partial charge in [0.15, 0.2) is 0 Å². The van der Waals surface area contributed by atoms with Crippen molar-refractivity contribution in [3.63, 3.8) is 0 Å². The second-order valence-corrected chi connectivity index (χ2v) is 6.07. The molecular formula is C18H18N6O. The van der Waals surface area contributed by atoms with Crippen molar-refractivity contribution in [3.05, 3.63) is 66.7 Å². The molecule has 1 amide bonds. The molecule has 1 aromatic carbocycles. The molecule has 0 fully saturated rings. The molecule has 7 heteroatoms. The fraction of sp³-hybridized carbons (Fsp3) is 0.222. The van der Waals surface area contributed by atoms with E-state index in [1.165, 1.54) is 6.33 Å². The highest BCUT2D eigenvalue weighted by atomic mass is 16.2. The minimum Gasteiger partial charge on any atom is -0.351 e. The van der Waals surface area contributed by atoms with Crippen LogP contribution in [0.4, 0.5) is 11.6 Å². The summed E-state index contributed by atoms with van der Waals surface area (Å²) in [6, 6.07) is 12.9. The zero-order valence-electron chi connectivity index (χ0n) is 13.7. The second kappa shape index (κ2) is 6.35. The molecule has 3 aromatic rings. The number of amides is 1. The SMILES string of the molecule is CC1Nc2ncnn2C(c2cccnc2)C1C(=O)Nc1ccccc1. The summed E-state index contributed by atoms with van der Waals surface area (Å²) in [5.74, 6) is 0.227. The largest absolute Gasteiger partial charge is 0.351 e. The normalized spacial score (nSPS) is 21.9. The number of hydrogen-bond donors (Lipinski definition) is 2. The first-order valence-electron chi connectivity index (χ1n) is 8.16. The van der Waals surface area contributed by atoms with Crippen molar-refractivity contribution in [2.45, 2.75) is 19.0 Å². The van der Waals surface area contributed by atoms with Crippen molar-refractivity contribution in [1.29, 1.82) is 0 Å². The summed E-state index contributed by atoms with van der Waals surface area (Å²) in [7, 11) is 0. The van der Waals surface area contributed by atoms with Gasteiger partial charge < -0.3 is 10.6 Å². The molecule has 25 heavy (non-hydrogen) atoms. The van der Waals surface area contributed by atoms with Crippen LogP contribution in [0.25, 0.3) is 0 Å². The summed E-state index contributed by atoms with van der Waals surface area (Å²) in [4.78, 5) is 21.5. The van der Waals surface area contributed by atoms with Crippen LogP contribution in [0.15, 0.2) is 61.2 Å². The van der Waals surface area contributed by atoms with Gasteiger partial charge in [-0.05, 0) is 30.7 Å². The zero-order chi connectivity index (χ0) is 17.2. The molecule has 3 atom stereocenters. The Hall–Kier alpha value is -3.22. The molecule has 7 nitrogen and oxygen atoms in total. The van der Waals surface area contributed by atoms with E-state index < -0.39 is 0 Å². The first-order valence-corrected chi connectivity index (χ1v) is 8.16. The van der Waals surface area contributed by atoms with Gasteiger partial charge in [0.05, 0.1) is 12.0 Å². The molecule has 2 aromatic heterocycles. The first-order chi connectivity index (χ1) is 12.2. The molecule has 0 radical (unpaired) electrons. The molecule has 126 valence electrons. The van der Waals surface area contributed by atoms with Gasteiger partial charge in [-0.15, -0.1) is 0 Å². The van der Waals surface area contributed by atoms with Crippen LogP contribution < -0.4 is 10.6 Å². The van der Waals surface area contributed by atoms with E-state index in [0.717, 1.165) is 11.3 Å². The van der Waals surface area contributed by atoms with E-state index in [9.17, 15) is 4.79 Å². The van der Waals surface area contributed by atoms with Gasteiger partial charge in [0.2, 0.25) is 11.9 Å². The highest BCUT2D eigenvalue weighted by molar-refractivity contribution is 5.94.